The Morgan fingerprint density at radius 2 is 1.93 bits per heavy atom. The van der Waals surface area contributed by atoms with Gasteiger partial charge in [-0.2, -0.15) is 0 Å². The van der Waals surface area contributed by atoms with Crippen LogP contribution >= 0.6 is 0 Å². The largest absolute Gasteiger partial charge is 0.364 e. The minimum absolute atomic E-state index is 0.503. The van der Waals surface area contributed by atoms with Crippen molar-refractivity contribution in [2.75, 3.05) is 0 Å². The molecule has 1 aromatic carbocycles. The van der Waals surface area contributed by atoms with E-state index >= 15 is 0 Å². The van der Waals surface area contributed by atoms with Gasteiger partial charge in [-0.15, -0.1) is 0 Å². The van der Waals surface area contributed by atoms with E-state index in [9.17, 15) is 0 Å². The quantitative estimate of drug-likeness (QED) is 0.719. The number of nitrogens with zero attached hydrogens (tertiary/aromatic N) is 1. The molecule has 0 fully saturated rings. The average Bonchev–Trinajstić information content (AvgIpc) is 2.70. The second-order valence-corrected chi connectivity index (χ2v) is 3.63. The molecule has 0 aliphatic rings. The first kappa shape index (κ1) is 9.00. The minimum Gasteiger partial charge on any atom is -0.364 e. The fourth-order valence-electron chi connectivity index (χ4n) is 1.59. The van der Waals surface area contributed by atoms with E-state index in [2.05, 4.69) is 37.2 Å². The number of hydrogen-bond acceptors (Lipinski definition) is 2. The Bertz CT molecular complexity index is 404. The van der Waals surface area contributed by atoms with Crippen LogP contribution in [0.3, 0.4) is 0 Å². The van der Waals surface area contributed by atoms with Gasteiger partial charge >= 0.3 is 0 Å². The fraction of sp³-hybridized carbons (Fsp3) is 0.250. The summed E-state index contributed by atoms with van der Waals surface area (Å²) in [7, 11) is 0. The van der Waals surface area contributed by atoms with Crippen molar-refractivity contribution >= 4 is 0 Å². The Hall–Kier alpha value is -1.57. The van der Waals surface area contributed by atoms with E-state index in [-0.39, 0.29) is 0 Å². The summed E-state index contributed by atoms with van der Waals surface area (Å²) in [5.41, 5.74) is 3.38. The first-order chi connectivity index (χ1) is 6.79. The van der Waals surface area contributed by atoms with Crippen LogP contribution in [0.15, 0.2) is 41.1 Å². The van der Waals surface area contributed by atoms with Crippen LogP contribution in [0.4, 0.5) is 0 Å². The lowest BCUT2D eigenvalue weighted by Crippen LogP contribution is -1.91. The first-order valence-corrected chi connectivity index (χ1v) is 4.78. The molecule has 2 aromatic rings. The lowest BCUT2D eigenvalue weighted by Gasteiger charge is -2.09. The van der Waals surface area contributed by atoms with Gasteiger partial charge in [0.1, 0.15) is 12.0 Å². The lowest BCUT2D eigenvalue weighted by atomic mass is 9.96. The van der Waals surface area contributed by atoms with Gasteiger partial charge in [0.25, 0.3) is 0 Å². The number of rotatable bonds is 2. The van der Waals surface area contributed by atoms with Gasteiger partial charge in [-0.3, -0.25) is 0 Å². The third-order valence-corrected chi connectivity index (χ3v) is 2.30. The minimum atomic E-state index is 0.503. The van der Waals surface area contributed by atoms with Gasteiger partial charge in [0.2, 0.25) is 0 Å². The predicted octanol–water partition coefficient (Wildman–Crippen LogP) is 3.47. The third kappa shape index (κ3) is 1.55. The van der Waals surface area contributed by atoms with Crippen molar-refractivity contribution in [2.45, 2.75) is 19.8 Å². The summed E-state index contributed by atoms with van der Waals surface area (Å²) < 4.78 is 4.85. The maximum atomic E-state index is 4.85. The van der Waals surface area contributed by atoms with Gasteiger partial charge in [-0.25, -0.2) is 0 Å². The van der Waals surface area contributed by atoms with E-state index in [4.69, 9.17) is 4.52 Å². The molecular formula is C12H13NO. The van der Waals surface area contributed by atoms with Gasteiger partial charge in [0.15, 0.2) is 0 Å². The fourth-order valence-corrected chi connectivity index (χ4v) is 1.59. The maximum Gasteiger partial charge on any atom is 0.124 e. The Balaban J connectivity index is 2.53. The van der Waals surface area contributed by atoms with Crippen LogP contribution in [-0.2, 0) is 0 Å². The van der Waals surface area contributed by atoms with Crippen molar-refractivity contribution in [3.63, 3.8) is 0 Å². The van der Waals surface area contributed by atoms with Crippen molar-refractivity contribution in [3.8, 4) is 11.3 Å². The second-order valence-electron chi connectivity index (χ2n) is 3.63. The van der Waals surface area contributed by atoms with Crippen LogP contribution in [0.5, 0.6) is 0 Å². The summed E-state index contributed by atoms with van der Waals surface area (Å²) in [6, 6.07) is 10.2. The number of benzene rings is 1. The molecule has 0 saturated carbocycles. The number of aromatic nitrogens is 1. The first-order valence-electron chi connectivity index (χ1n) is 4.78. The molecule has 1 aromatic heterocycles. The highest BCUT2D eigenvalue weighted by Crippen LogP contribution is 2.27. The van der Waals surface area contributed by atoms with Gasteiger partial charge in [0.05, 0.1) is 0 Å². The summed E-state index contributed by atoms with van der Waals surface area (Å²) in [5, 5.41) is 3.95. The van der Waals surface area contributed by atoms with Crippen LogP contribution in [0.2, 0.25) is 0 Å². The molecule has 14 heavy (non-hydrogen) atoms. The Kier molecular flexibility index (Phi) is 2.35. The highest BCUT2D eigenvalue weighted by atomic mass is 16.5. The summed E-state index contributed by atoms with van der Waals surface area (Å²) in [5.74, 6) is 0.503. The van der Waals surface area contributed by atoms with Gasteiger partial charge in [-0.1, -0.05) is 43.3 Å². The van der Waals surface area contributed by atoms with Crippen LogP contribution in [0.25, 0.3) is 11.3 Å². The van der Waals surface area contributed by atoms with Crippen LogP contribution in [0, 0.1) is 0 Å². The van der Waals surface area contributed by atoms with Crippen molar-refractivity contribution in [2.24, 2.45) is 0 Å². The molecular weight excluding hydrogens is 174 g/mol. The molecule has 0 aliphatic heterocycles. The maximum absolute atomic E-state index is 4.85. The Morgan fingerprint density at radius 3 is 2.57 bits per heavy atom. The average molecular weight is 187 g/mol. The smallest absolute Gasteiger partial charge is 0.124 e. The van der Waals surface area contributed by atoms with E-state index in [1.54, 1.807) is 6.26 Å². The molecule has 0 spiro atoms. The van der Waals surface area contributed by atoms with E-state index < -0.39 is 0 Å². The molecule has 0 unspecified atom stereocenters. The summed E-state index contributed by atoms with van der Waals surface area (Å²) >= 11 is 0. The highest BCUT2D eigenvalue weighted by molar-refractivity contribution is 5.63. The highest BCUT2D eigenvalue weighted by Gasteiger charge is 2.09. The molecule has 0 radical (unpaired) electrons. The van der Waals surface area contributed by atoms with Crippen LogP contribution < -0.4 is 0 Å². The molecule has 1 heterocycles. The molecule has 0 bridgehead atoms. The van der Waals surface area contributed by atoms with E-state index in [1.807, 2.05) is 12.1 Å². The molecule has 2 heteroatoms. The molecule has 0 aliphatic carbocycles. The van der Waals surface area contributed by atoms with Crippen molar-refractivity contribution < 1.29 is 4.52 Å². The van der Waals surface area contributed by atoms with Gasteiger partial charge in [-0.05, 0) is 11.5 Å². The number of hydrogen-bond donors (Lipinski definition) is 0. The Morgan fingerprint density at radius 1 is 1.14 bits per heavy atom. The van der Waals surface area contributed by atoms with E-state index in [1.165, 1.54) is 5.56 Å². The molecule has 0 amide bonds. The Labute approximate surface area is 83.5 Å². The summed E-state index contributed by atoms with van der Waals surface area (Å²) in [6.45, 7) is 4.36. The van der Waals surface area contributed by atoms with Crippen molar-refractivity contribution in [1.29, 1.82) is 0 Å². The van der Waals surface area contributed by atoms with Crippen LogP contribution in [0.1, 0.15) is 25.3 Å². The molecule has 0 atom stereocenters. The normalized spacial score (nSPS) is 10.8. The van der Waals surface area contributed by atoms with Gasteiger partial charge < -0.3 is 4.52 Å². The standard InChI is InChI=1S/C12H13NO/c1-9(2)10-5-3-4-6-11(10)12-7-8-14-13-12/h3-9H,1-2H3. The van der Waals surface area contributed by atoms with Crippen molar-refractivity contribution in [3.05, 3.63) is 42.2 Å². The zero-order valence-electron chi connectivity index (χ0n) is 8.40. The molecule has 72 valence electrons. The molecule has 2 rings (SSSR count). The molecule has 0 saturated heterocycles. The predicted molar refractivity (Wildman–Crippen MR) is 56.0 cm³/mol. The van der Waals surface area contributed by atoms with E-state index in [0.29, 0.717) is 5.92 Å². The van der Waals surface area contributed by atoms with Crippen LogP contribution in [-0.4, -0.2) is 5.16 Å². The van der Waals surface area contributed by atoms with E-state index in [0.717, 1.165) is 11.3 Å². The third-order valence-electron chi connectivity index (χ3n) is 2.30. The summed E-state index contributed by atoms with van der Waals surface area (Å²) in [6.07, 6.45) is 1.60. The topological polar surface area (TPSA) is 26.0 Å². The zero-order valence-corrected chi connectivity index (χ0v) is 8.40. The zero-order chi connectivity index (χ0) is 9.97. The monoisotopic (exact) mass is 187 g/mol. The SMILES string of the molecule is CC(C)c1ccccc1-c1ccon1. The lowest BCUT2D eigenvalue weighted by molar-refractivity contribution is 0.422. The molecule has 2 nitrogen and oxygen atoms in total. The second kappa shape index (κ2) is 3.66. The summed E-state index contributed by atoms with van der Waals surface area (Å²) in [4.78, 5) is 0. The molecule has 0 N–H and O–H groups in total. The van der Waals surface area contributed by atoms with Gasteiger partial charge in [0, 0.05) is 11.6 Å². The van der Waals surface area contributed by atoms with Crippen molar-refractivity contribution in [1.82, 2.24) is 5.16 Å².